The van der Waals surface area contributed by atoms with Gasteiger partial charge in [-0.2, -0.15) is 0 Å². The third-order valence-electron chi connectivity index (χ3n) is 5.44. The van der Waals surface area contributed by atoms with E-state index in [1.165, 1.54) is 11.1 Å². The van der Waals surface area contributed by atoms with Gasteiger partial charge < -0.3 is 15.0 Å². The van der Waals surface area contributed by atoms with Crippen LogP contribution in [0, 0.1) is 27.7 Å². The maximum Gasteiger partial charge on any atom is 0.152 e. The Kier molecular flexibility index (Phi) is 5.77. The van der Waals surface area contributed by atoms with E-state index in [2.05, 4.69) is 56.7 Å². The van der Waals surface area contributed by atoms with E-state index in [1.807, 2.05) is 43.7 Å². The number of anilines is 1. The van der Waals surface area contributed by atoms with Crippen molar-refractivity contribution >= 4 is 5.82 Å². The fraction of sp³-hybridized carbons (Fsp3) is 0.250. The minimum absolute atomic E-state index is 0.179. The topological polar surface area (TPSA) is 88.8 Å². The number of aliphatic hydroxyl groups excluding tert-OH is 1. The first-order chi connectivity index (χ1) is 15.0. The summed E-state index contributed by atoms with van der Waals surface area (Å²) in [7, 11) is 0. The molecule has 4 aromatic rings. The molecule has 0 aliphatic heterocycles. The summed E-state index contributed by atoms with van der Waals surface area (Å²) >= 11 is 0. The van der Waals surface area contributed by atoms with Crippen molar-refractivity contribution in [3.05, 3.63) is 82.6 Å². The number of rotatable bonds is 6. The van der Waals surface area contributed by atoms with Crippen molar-refractivity contribution in [1.82, 2.24) is 24.7 Å². The van der Waals surface area contributed by atoms with Gasteiger partial charge in [-0.3, -0.25) is 0 Å². The van der Waals surface area contributed by atoms with E-state index in [9.17, 15) is 5.11 Å². The Morgan fingerprint density at radius 1 is 0.935 bits per heavy atom. The number of nitrogens with zero attached hydrogens (tertiary/aromatic N) is 5. The number of hydrogen-bond donors (Lipinski definition) is 2. The lowest BCUT2D eigenvalue weighted by molar-refractivity contribution is 0.276. The lowest BCUT2D eigenvalue weighted by atomic mass is 10.1. The predicted molar refractivity (Wildman–Crippen MR) is 121 cm³/mol. The molecule has 0 aliphatic carbocycles. The fourth-order valence-corrected chi connectivity index (χ4v) is 3.44. The van der Waals surface area contributed by atoms with Gasteiger partial charge in [0, 0.05) is 12.7 Å². The summed E-state index contributed by atoms with van der Waals surface area (Å²) in [6.07, 6.45) is 3.62. The van der Waals surface area contributed by atoms with E-state index in [0.717, 1.165) is 28.3 Å². The number of hydrogen-bond acceptors (Lipinski definition) is 6. The largest absolute Gasteiger partial charge is 0.390 e. The van der Waals surface area contributed by atoms with Crippen molar-refractivity contribution in [3.8, 4) is 17.1 Å². The van der Waals surface area contributed by atoms with Crippen LogP contribution in [0.25, 0.3) is 17.1 Å². The highest BCUT2D eigenvalue weighted by Crippen LogP contribution is 2.27. The van der Waals surface area contributed by atoms with Gasteiger partial charge in [0.2, 0.25) is 0 Å². The quantitative estimate of drug-likeness (QED) is 0.495. The van der Waals surface area contributed by atoms with Crippen molar-refractivity contribution in [3.63, 3.8) is 0 Å². The summed E-state index contributed by atoms with van der Waals surface area (Å²) < 4.78 is 1.86. The highest BCUT2D eigenvalue weighted by Gasteiger charge is 2.15. The molecule has 3 heterocycles. The summed E-state index contributed by atoms with van der Waals surface area (Å²) in [4.78, 5) is 8.91. The molecular formula is C24H26N6O. The third-order valence-corrected chi connectivity index (χ3v) is 5.44. The highest BCUT2D eigenvalue weighted by molar-refractivity contribution is 5.64. The first kappa shape index (κ1) is 20.7. The first-order valence-corrected chi connectivity index (χ1v) is 10.2. The summed E-state index contributed by atoms with van der Waals surface area (Å²) in [6.45, 7) is 8.55. The lowest BCUT2D eigenvalue weighted by Crippen LogP contribution is -2.08. The Balaban J connectivity index is 1.61. The molecular weight excluding hydrogens is 388 g/mol. The van der Waals surface area contributed by atoms with Gasteiger partial charge in [-0.1, -0.05) is 29.8 Å². The molecule has 0 bridgehead atoms. The molecule has 31 heavy (non-hydrogen) atoms. The number of aliphatic hydroxyl groups is 1. The van der Waals surface area contributed by atoms with E-state index < -0.39 is 0 Å². The van der Waals surface area contributed by atoms with Gasteiger partial charge in [-0.15, -0.1) is 10.2 Å². The van der Waals surface area contributed by atoms with Gasteiger partial charge in [0.25, 0.3) is 0 Å². The minimum Gasteiger partial charge on any atom is -0.390 e. The number of pyridine rings is 1. The van der Waals surface area contributed by atoms with E-state index in [4.69, 9.17) is 0 Å². The molecule has 0 amide bonds. The van der Waals surface area contributed by atoms with Crippen LogP contribution in [0.5, 0.6) is 0 Å². The minimum atomic E-state index is -0.179. The second-order valence-electron chi connectivity index (χ2n) is 7.73. The molecule has 0 unspecified atom stereocenters. The Bertz CT molecular complexity index is 1210. The first-order valence-electron chi connectivity index (χ1n) is 10.2. The molecule has 1 aromatic carbocycles. The smallest absolute Gasteiger partial charge is 0.152 e. The molecule has 158 valence electrons. The van der Waals surface area contributed by atoms with E-state index in [0.29, 0.717) is 23.6 Å². The molecule has 7 nitrogen and oxygen atoms in total. The van der Waals surface area contributed by atoms with Crippen LogP contribution >= 0.6 is 0 Å². The van der Waals surface area contributed by atoms with Crippen molar-refractivity contribution in [2.24, 2.45) is 0 Å². The Labute approximate surface area is 181 Å². The van der Waals surface area contributed by atoms with Crippen molar-refractivity contribution in [2.75, 3.05) is 5.32 Å². The van der Waals surface area contributed by atoms with Gasteiger partial charge in [-0.05, 0) is 56.5 Å². The molecule has 7 heteroatoms. The molecule has 0 atom stereocenters. The summed E-state index contributed by atoms with van der Waals surface area (Å²) in [5.41, 5.74) is 8.11. The zero-order chi connectivity index (χ0) is 22.0. The molecule has 2 N–H and O–H groups in total. The van der Waals surface area contributed by atoms with E-state index >= 15 is 0 Å². The number of imidazole rings is 1. The molecule has 0 fully saturated rings. The summed E-state index contributed by atoms with van der Waals surface area (Å²) in [5, 5.41) is 22.1. The molecule has 0 spiro atoms. The number of aromatic nitrogens is 5. The zero-order valence-electron chi connectivity index (χ0n) is 18.2. The predicted octanol–water partition coefficient (Wildman–Crippen LogP) is 4.06. The standard InChI is InChI=1S/C24H26N6O/c1-15-5-7-19(8-6-15)11-25-24-18(4)17(3)23(28-29-24)20-9-10-22(21(13-31)27-20)30-12-16(2)26-14-30/h5-10,12,14,31H,11,13H2,1-4H3,(H,25,29). The maximum atomic E-state index is 9.88. The van der Waals surface area contributed by atoms with Crippen LogP contribution in [0.3, 0.4) is 0 Å². The normalized spacial score (nSPS) is 11.0. The molecule has 0 saturated carbocycles. The summed E-state index contributed by atoms with van der Waals surface area (Å²) in [5.74, 6) is 0.759. The van der Waals surface area contributed by atoms with Gasteiger partial charge >= 0.3 is 0 Å². The van der Waals surface area contributed by atoms with E-state index in [-0.39, 0.29) is 6.61 Å². The second-order valence-corrected chi connectivity index (χ2v) is 7.73. The van der Waals surface area contributed by atoms with Crippen LogP contribution in [-0.4, -0.2) is 29.8 Å². The van der Waals surface area contributed by atoms with Crippen molar-refractivity contribution in [1.29, 1.82) is 0 Å². The van der Waals surface area contributed by atoms with Crippen LogP contribution < -0.4 is 5.32 Å². The number of benzene rings is 1. The van der Waals surface area contributed by atoms with Crippen LogP contribution in [0.2, 0.25) is 0 Å². The number of aryl methyl sites for hydroxylation is 2. The van der Waals surface area contributed by atoms with Gasteiger partial charge in [0.05, 0.1) is 35.7 Å². The third kappa shape index (κ3) is 4.32. The molecule has 4 rings (SSSR count). The SMILES string of the molecule is Cc1ccc(CNc2nnc(-c3ccc(-n4cnc(C)c4)c(CO)n3)c(C)c2C)cc1. The Hall–Kier alpha value is -3.58. The van der Waals surface area contributed by atoms with Crippen molar-refractivity contribution in [2.45, 2.75) is 40.8 Å². The van der Waals surface area contributed by atoms with Crippen LogP contribution in [0.1, 0.15) is 33.6 Å². The second kappa shape index (κ2) is 8.65. The van der Waals surface area contributed by atoms with Crippen molar-refractivity contribution < 1.29 is 5.11 Å². The average Bonchev–Trinajstić information content (AvgIpc) is 3.21. The average molecular weight is 415 g/mol. The van der Waals surface area contributed by atoms with Gasteiger partial charge in [-0.25, -0.2) is 9.97 Å². The fourth-order valence-electron chi connectivity index (χ4n) is 3.44. The Morgan fingerprint density at radius 3 is 2.39 bits per heavy atom. The van der Waals surface area contributed by atoms with E-state index in [1.54, 1.807) is 6.33 Å². The molecule has 0 radical (unpaired) electrons. The van der Waals surface area contributed by atoms with Crippen LogP contribution in [-0.2, 0) is 13.2 Å². The van der Waals surface area contributed by atoms with Crippen LogP contribution in [0.4, 0.5) is 5.82 Å². The molecule has 0 aliphatic rings. The lowest BCUT2D eigenvalue weighted by Gasteiger charge is -2.14. The number of nitrogens with one attached hydrogen (secondary N) is 1. The van der Waals surface area contributed by atoms with Crippen LogP contribution in [0.15, 0.2) is 48.9 Å². The molecule has 3 aromatic heterocycles. The maximum absolute atomic E-state index is 9.88. The summed E-state index contributed by atoms with van der Waals surface area (Å²) in [6, 6.07) is 12.2. The van der Waals surface area contributed by atoms with Gasteiger partial charge in [0.15, 0.2) is 5.82 Å². The monoisotopic (exact) mass is 414 g/mol. The highest BCUT2D eigenvalue weighted by atomic mass is 16.3. The van der Waals surface area contributed by atoms with Gasteiger partial charge in [0.1, 0.15) is 5.69 Å². The molecule has 0 saturated heterocycles. The Morgan fingerprint density at radius 2 is 1.71 bits per heavy atom. The zero-order valence-corrected chi connectivity index (χ0v) is 18.2.